The minimum absolute atomic E-state index is 0. The maximum absolute atomic E-state index is 11.3. The molecule has 0 spiro atoms. The molecule has 0 unspecified atom stereocenters. The molecule has 1 aromatic rings. The van der Waals surface area contributed by atoms with Gasteiger partial charge in [-0.2, -0.15) is 0 Å². The van der Waals surface area contributed by atoms with Crippen molar-refractivity contribution in [3.05, 3.63) is 29.8 Å². The lowest BCUT2D eigenvalue weighted by Gasteiger charge is -2.11. The largest absolute Gasteiger partial charge is 0.492 e. The fourth-order valence-electron chi connectivity index (χ4n) is 1.36. The number of halogens is 1. The predicted molar refractivity (Wildman–Crippen MR) is 66.7 cm³/mol. The first-order valence-corrected chi connectivity index (χ1v) is 5.23. The molecule has 0 aromatic heterocycles. The first-order chi connectivity index (χ1) is 7.63. The highest BCUT2D eigenvalue weighted by atomic mass is 35.5. The first kappa shape index (κ1) is 13.8. The maximum Gasteiger partial charge on any atom is 0.337 e. The SMILES string of the molecule is COC(=O)c1cccc(OCC2(N)CC2)c1.Cl. The summed E-state index contributed by atoms with van der Waals surface area (Å²) in [6.45, 7) is 0.498. The van der Waals surface area contributed by atoms with Crippen molar-refractivity contribution >= 4 is 18.4 Å². The highest BCUT2D eigenvalue weighted by Crippen LogP contribution is 2.32. The summed E-state index contributed by atoms with van der Waals surface area (Å²) in [5, 5.41) is 0. The molecule has 5 heteroatoms. The Bertz CT molecular complexity index is 404. The molecule has 4 nitrogen and oxygen atoms in total. The minimum Gasteiger partial charge on any atom is -0.492 e. The highest BCUT2D eigenvalue weighted by Gasteiger charge is 2.39. The number of benzene rings is 1. The van der Waals surface area contributed by atoms with Crippen LogP contribution in [-0.4, -0.2) is 25.2 Å². The van der Waals surface area contributed by atoms with E-state index in [9.17, 15) is 4.79 Å². The van der Waals surface area contributed by atoms with E-state index in [1.54, 1.807) is 24.3 Å². The van der Waals surface area contributed by atoms with E-state index in [4.69, 9.17) is 10.5 Å². The molecule has 0 saturated heterocycles. The van der Waals surface area contributed by atoms with Gasteiger partial charge < -0.3 is 15.2 Å². The lowest BCUT2D eigenvalue weighted by molar-refractivity contribution is 0.0600. The van der Waals surface area contributed by atoms with Gasteiger partial charge >= 0.3 is 5.97 Å². The fourth-order valence-corrected chi connectivity index (χ4v) is 1.36. The maximum atomic E-state index is 11.3. The predicted octanol–water partition coefficient (Wildman–Crippen LogP) is 1.77. The lowest BCUT2D eigenvalue weighted by atomic mass is 10.2. The summed E-state index contributed by atoms with van der Waals surface area (Å²) < 4.78 is 10.2. The van der Waals surface area contributed by atoms with E-state index in [1.165, 1.54) is 7.11 Å². The van der Waals surface area contributed by atoms with E-state index in [0.29, 0.717) is 17.9 Å². The smallest absolute Gasteiger partial charge is 0.337 e. The van der Waals surface area contributed by atoms with Crippen molar-refractivity contribution < 1.29 is 14.3 Å². The molecule has 94 valence electrons. The van der Waals surface area contributed by atoms with Crippen LogP contribution in [-0.2, 0) is 4.74 Å². The quantitative estimate of drug-likeness (QED) is 0.835. The second kappa shape index (κ2) is 5.38. The summed E-state index contributed by atoms with van der Waals surface area (Å²) >= 11 is 0. The van der Waals surface area contributed by atoms with Crippen molar-refractivity contribution in [3.8, 4) is 5.75 Å². The molecule has 1 aliphatic rings. The van der Waals surface area contributed by atoms with Crippen LogP contribution in [0.15, 0.2) is 24.3 Å². The van der Waals surface area contributed by atoms with Crippen LogP contribution in [0.5, 0.6) is 5.75 Å². The van der Waals surface area contributed by atoms with Gasteiger partial charge in [-0.3, -0.25) is 0 Å². The average molecular weight is 258 g/mol. The third kappa shape index (κ3) is 3.61. The zero-order chi connectivity index (χ0) is 11.6. The summed E-state index contributed by atoms with van der Waals surface area (Å²) in [6, 6.07) is 6.92. The van der Waals surface area contributed by atoms with E-state index in [2.05, 4.69) is 4.74 Å². The number of esters is 1. The van der Waals surface area contributed by atoms with Gasteiger partial charge in [0.15, 0.2) is 0 Å². The summed E-state index contributed by atoms with van der Waals surface area (Å²) in [7, 11) is 1.36. The van der Waals surface area contributed by atoms with Crippen LogP contribution >= 0.6 is 12.4 Å². The van der Waals surface area contributed by atoms with E-state index in [1.807, 2.05) is 0 Å². The van der Waals surface area contributed by atoms with E-state index in [-0.39, 0.29) is 23.9 Å². The van der Waals surface area contributed by atoms with E-state index in [0.717, 1.165) is 12.8 Å². The van der Waals surface area contributed by atoms with Crippen molar-refractivity contribution in [1.29, 1.82) is 0 Å². The number of methoxy groups -OCH3 is 1. The standard InChI is InChI=1S/C12H15NO3.ClH/c1-15-11(14)9-3-2-4-10(7-9)16-8-12(13)5-6-12;/h2-4,7H,5-6,8,13H2,1H3;1H. The van der Waals surface area contributed by atoms with Crippen molar-refractivity contribution in [2.45, 2.75) is 18.4 Å². The van der Waals surface area contributed by atoms with E-state index < -0.39 is 0 Å². The molecule has 1 aliphatic carbocycles. The molecule has 1 saturated carbocycles. The van der Waals surface area contributed by atoms with Gasteiger partial charge in [0.05, 0.1) is 18.2 Å². The normalized spacial score (nSPS) is 15.6. The first-order valence-electron chi connectivity index (χ1n) is 5.23. The summed E-state index contributed by atoms with van der Waals surface area (Å²) in [4.78, 5) is 11.3. The Kier molecular flexibility index (Phi) is 4.37. The van der Waals surface area contributed by atoms with Gasteiger partial charge in [-0.15, -0.1) is 12.4 Å². The molecule has 2 rings (SSSR count). The van der Waals surface area contributed by atoms with Gasteiger partial charge in [-0.05, 0) is 31.0 Å². The molecule has 0 bridgehead atoms. The molecule has 0 radical (unpaired) electrons. The number of carbonyl (C=O) groups is 1. The van der Waals surface area contributed by atoms with Crippen LogP contribution < -0.4 is 10.5 Å². The summed E-state index contributed by atoms with van der Waals surface area (Å²) in [6.07, 6.45) is 2.01. The molecular weight excluding hydrogens is 242 g/mol. The van der Waals surface area contributed by atoms with Gasteiger partial charge in [0.2, 0.25) is 0 Å². The Balaban J connectivity index is 0.00000144. The average Bonchev–Trinajstić information content (AvgIpc) is 3.05. The third-order valence-electron chi connectivity index (χ3n) is 2.67. The Hall–Kier alpha value is -1.26. The van der Waals surface area contributed by atoms with Gasteiger partial charge in [-0.25, -0.2) is 4.79 Å². The summed E-state index contributed by atoms with van der Waals surface area (Å²) in [5.74, 6) is 0.291. The zero-order valence-electron chi connectivity index (χ0n) is 9.64. The van der Waals surface area contributed by atoms with E-state index >= 15 is 0 Å². The molecular formula is C12H16ClNO3. The second-order valence-electron chi connectivity index (χ2n) is 4.17. The van der Waals surface area contributed by atoms with Gasteiger partial charge in [0.1, 0.15) is 12.4 Å². The second-order valence-corrected chi connectivity index (χ2v) is 4.17. The topological polar surface area (TPSA) is 61.5 Å². The van der Waals surface area contributed by atoms with Crippen LogP contribution in [0.3, 0.4) is 0 Å². The van der Waals surface area contributed by atoms with Crippen LogP contribution in [0.1, 0.15) is 23.2 Å². The van der Waals surface area contributed by atoms with Gasteiger partial charge in [-0.1, -0.05) is 6.07 Å². The summed E-state index contributed by atoms with van der Waals surface area (Å²) in [5.41, 5.74) is 6.24. The lowest BCUT2D eigenvalue weighted by Crippen LogP contribution is -2.29. The molecule has 2 N–H and O–H groups in total. The number of ether oxygens (including phenoxy) is 2. The number of hydrogen-bond donors (Lipinski definition) is 1. The van der Waals surface area contributed by atoms with Gasteiger partial charge in [0, 0.05) is 0 Å². The fraction of sp³-hybridized carbons (Fsp3) is 0.417. The van der Waals surface area contributed by atoms with Crippen molar-refractivity contribution in [2.75, 3.05) is 13.7 Å². The highest BCUT2D eigenvalue weighted by molar-refractivity contribution is 5.89. The Morgan fingerprint density at radius 3 is 2.76 bits per heavy atom. The Morgan fingerprint density at radius 2 is 2.18 bits per heavy atom. The third-order valence-corrected chi connectivity index (χ3v) is 2.67. The van der Waals surface area contributed by atoms with Crippen molar-refractivity contribution in [1.82, 2.24) is 0 Å². The Labute approximate surface area is 106 Å². The van der Waals surface area contributed by atoms with Crippen LogP contribution in [0.4, 0.5) is 0 Å². The van der Waals surface area contributed by atoms with Crippen LogP contribution in [0.2, 0.25) is 0 Å². The minimum atomic E-state index is -0.362. The van der Waals surface area contributed by atoms with Crippen LogP contribution in [0.25, 0.3) is 0 Å². The Morgan fingerprint density at radius 1 is 1.47 bits per heavy atom. The monoisotopic (exact) mass is 257 g/mol. The molecule has 0 atom stereocenters. The number of nitrogens with two attached hydrogens (primary N) is 1. The van der Waals surface area contributed by atoms with Crippen molar-refractivity contribution in [3.63, 3.8) is 0 Å². The molecule has 0 aliphatic heterocycles. The number of rotatable bonds is 4. The van der Waals surface area contributed by atoms with Crippen LogP contribution in [0, 0.1) is 0 Å². The molecule has 0 amide bonds. The molecule has 0 heterocycles. The molecule has 1 fully saturated rings. The number of hydrogen-bond acceptors (Lipinski definition) is 4. The molecule has 1 aromatic carbocycles. The number of carbonyl (C=O) groups excluding carboxylic acids is 1. The zero-order valence-corrected chi connectivity index (χ0v) is 10.5. The van der Waals surface area contributed by atoms with Crippen molar-refractivity contribution in [2.24, 2.45) is 5.73 Å². The molecule has 17 heavy (non-hydrogen) atoms. The van der Waals surface area contributed by atoms with Gasteiger partial charge in [0.25, 0.3) is 0 Å².